The first kappa shape index (κ1) is 9.21. The van der Waals surface area contributed by atoms with Crippen LogP contribution in [0.4, 0.5) is 0 Å². The molecule has 3 aromatic rings. The second-order valence-electron chi connectivity index (χ2n) is 3.68. The third kappa shape index (κ3) is 1.25. The van der Waals surface area contributed by atoms with E-state index in [1.54, 1.807) is 10.9 Å². The molecule has 0 aliphatic heterocycles. The van der Waals surface area contributed by atoms with Crippen LogP contribution in [0.25, 0.3) is 16.7 Å². The maximum absolute atomic E-state index is 5.79. The molecule has 0 fully saturated rings. The number of fused-ring (bicyclic) bond motifs is 1. The lowest BCUT2D eigenvalue weighted by Crippen LogP contribution is -2.01. The zero-order valence-electron chi connectivity index (χ0n) is 8.81. The van der Waals surface area contributed by atoms with Crippen LogP contribution in [0.5, 0.6) is 0 Å². The Hall–Kier alpha value is -2.04. The predicted octanol–water partition coefficient (Wildman–Crippen LogP) is 0.851. The van der Waals surface area contributed by atoms with Gasteiger partial charge in [-0.2, -0.15) is 5.10 Å². The number of aryl methyl sites for hydroxylation is 1. The lowest BCUT2D eigenvalue weighted by atomic mass is 9.98. The minimum absolute atomic E-state index is 0.695. The number of H-pyrrole nitrogens is 1. The highest BCUT2D eigenvalue weighted by Gasteiger charge is 2.06. The molecule has 0 bridgehead atoms. The van der Waals surface area contributed by atoms with Crippen LogP contribution < -0.4 is 5.46 Å². The van der Waals surface area contributed by atoms with E-state index in [9.17, 15) is 0 Å². The van der Waals surface area contributed by atoms with Crippen LogP contribution in [0.3, 0.4) is 0 Å². The Morgan fingerprint density at radius 3 is 3.00 bits per heavy atom. The smallest absolute Gasteiger partial charge is 0.139 e. The molecule has 4 nitrogen and oxygen atoms in total. The van der Waals surface area contributed by atoms with E-state index in [4.69, 9.17) is 7.85 Å². The van der Waals surface area contributed by atoms with Gasteiger partial charge in [-0.15, -0.1) is 0 Å². The quantitative estimate of drug-likeness (QED) is 0.602. The van der Waals surface area contributed by atoms with Gasteiger partial charge in [0.1, 0.15) is 13.5 Å². The van der Waals surface area contributed by atoms with E-state index >= 15 is 0 Å². The molecule has 1 N–H and O–H groups in total. The van der Waals surface area contributed by atoms with Crippen molar-refractivity contribution in [2.24, 2.45) is 0 Å². The fourth-order valence-electron chi connectivity index (χ4n) is 1.74. The number of rotatable bonds is 1. The fraction of sp³-hybridized carbons (Fsp3) is 0.0909. The number of hydrogen-bond acceptors (Lipinski definition) is 2. The molecular weight excluding hydrogens is 199 g/mol. The maximum atomic E-state index is 5.79. The van der Waals surface area contributed by atoms with Crippen molar-refractivity contribution in [1.82, 2.24) is 19.7 Å². The molecule has 0 aromatic carbocycles. The Labute approximate surface area is 93.7 Å². The molecule has 2 radical (unpaired) electrons. The van der Waals surface area contributed by atoms with Gasteiger partial charge in [0.25, 0.3) is 0 Å². The number of nitrogens with one attached hydrogen (secondary N) is 1. The molecule has 0 amide bonds. The van der Waals surface area contributed by atoms with Crippen molar-refractivity contribution >= 4 is 24.3 Å². The van der Waals surface area contributed by atoms with Crippen molar-refractivity contribution in [2.45, 2.75) is 6.92 Å². The molecule has 3 aromatic heterocycles. The van der Waals surface area contributed by atoms with Crippen molar-refractivity contribution in [3.8, 4) is 5.69 Å². The first-order chi connectivity index (χ1) is 7.75. The van der Waals surface area contributed by atoms with E-state index < -0.39 is 0 Å². The summed E-state index contributed by atoms with van der Waals surface area (Å²) in [7, 11) is 5.79. The topological polar surface area (TPSA) is 46.5 Å². The van der Waals surface area contributed by atoms with E-state index in [2.05, 4.69) is 15.1 Å². The predicted molar refractivity (Wildman–Crippen MR) is 63.3 cm³/mol. The molecule has 0 unspecified atom stereocenters. The molecule has 0 aliphatic rings. The molecule has 0 atom stereocenters. The average molecular weight is 208 g/mol. The Kier molecular flexibility index (Phi) is 1.86. The molecule has 5 heteroatoms. The summed E-state index contributed by atoms with van der Waals surface area (Å²) in [4.78, 5) is 7.30. The standard InChI is InChI=1S/C11H9BN4/c1-7-9(12)6-16(15-7)10-3-5-14-11-8(10)2-4-13-11/h2-6H,1H3,(H,13,14). The van der Waals surface area contributed by atoms with E-state index in [0.717, 1.165) is 22.4 Å². The van der Waals surface area contributed by atoms with Gasteiger partial charge < -0.3 is 4.98 Å². The molecule has 3 heterocycles. The number of nitrogens with zero attached hydrogens (tertiary/aromatic N) is 3. The SMILES string of the molecule is [B]c1cn(-c2ccnc3[nH]ccc23)nc1C. The highest BCUT2D eigenvalue weighted by atomic mass is 15.3. The third-order valence-corrected chi connectivity index (χ3v) is 2.62. The van der Waals surface area contributed by atoms with Crippen LogP contribution in [0, 0.1) is 6.92 Å². The lowest BCUT2D eigenvalue weighted by Gasteiger charge is -2.02. The van der Waals surface area contributed by atoms with Gasteiger partial charge in [-0.3, -0.25) is 0 Å². The Bertz CT molecular complexity index is 633. The van der Waals surface area contributed by atoms with Gasteiger partial charge in [-0.05, 0) is 19.1 Å². The second kappa shape index (κ2) is 3.23. The summed E-state index contributed by atoms with van der Waals surface area (Å²) in [5.74, 6) is 0. The van der Waals surface area contributed by atoms with E-state index in [1.165, 1.54) is 0 Å². The number of pyridine rings is 1. The van der Waals surface area contributed by atoms with Crippen LogP contribution >= 0.6 is 0 Å². The van der Waals surface area contributed by atoms with Crippen molar-refractivity contribution < 1.29 is 0 Å². The first-order valence-electron chi connectivity index (χ1n) is 5.00. The highest BCUT2D eigenvalue weighted by molar-refractivity contribution is 6.33. The first-order valence-corrected chi connectivity index (χ1v) is 5.00. The Balaban J connectivity index is 2.29. The Morgan fingerprint density at radius 1 is 1.38 bits per heavy atom. The average Bonchev–Trinajstić information content (AvgIpc) is 2.85. The van der Waals surface area contributed by atoms with Crippen LogP contribution in [-0.4, -0.2) is 27.6 Å². The van der Waals surface area contributed by atoms with Gasteiger partial charge in [0, 0.05) is 24.0 Å². The zero-order chi connectivity index (χ0) is 11.1. The summed E-state index contributed by atoms with van der Waals surface area (Å²) < 4.78 is 1.78. The number of aromatic amines is 1. The van der Waals surface area contributed by atoms with Gasteiger partial charge in [-0.25, -0.2) is 9.67 Å². The second-order valence-corrected chi connectivity index (χ2v) is 3.68. The minimum atomic E-state index is 0.695. The Morgan fingerprint density at radius 2 is 2.25 bits per heavy atom. The lowest BCUT2D eigenvalue weighted by molar-refractivity contribution is 0.868. The highest BCUT2D eigenvalue weighted by Crippen LogP contribution is 2.18. The third-order valence-electron chi connectivity index (χ3n) is 2.62. The van der Waals surface area contributed by atoms with Crippen molar-refractivity contribution in [1.29, 1.82) is 0 Å². The minimum Gasteiger partial charge on any atom is -0.346 e. The summed E-state index contributed by atoms with van der Waals surface area (Å²) >= 11 is 0. The molecule has 16 heavy (non-hydrogen) atoms. The van der Waals surface area contributed by atoms with Crippen LogP contribution in [-0.2, 0) is 0 Å². The number of aromatic nitrogens is 4. The molecule has 76 valence electrons. The summed E-state index contributed by atoms with van der Waals surface area (Å²) in [5, 5.41) is 5.39. The van der Waals surface area contributed by atoms with Crippen LogP contribution in [0.15, 0.2) is 30.7 Å². The zero-order valence-corrected chi connectivity index (χ0v) is 8.81. The maximum Gasteiger partial charge on any atom is 0.139 e. The van der Waals surface area contributed by atoms with Gasteiger partial charge in [0.2, 0.25) is 0 Å². The summed E-state index contributed by atoms with van der Waals surface area (Å²) in [6.07, 6.45) is 5.43. The van der Waals surface area contributed by atoms with E-state index in [0.29, 0.717) is 5.46 Å². The molecule has 3 rings (SSSR count). The summed E-state index contributed by atoms with van der Waals surface area (Å²) in [5.41, 5.74) is 3.36. The molecule has 0 saturated heterocycles. The van der Waals surface area contributed by atoms with E-state index in [1.807, 2.05) is 31.5 Å². The monoisotopic (exact) mass is 208 g/mol. The van der Waals surface area contributed by atoms with Crippen molar-refractivity contribution in [3.63, 3.8) is 0 Å². The molecule has 0 aliphatic carbocycles. The van der Waals surface area contributed by atoms with E-state index in [-0.39, 0.29) is 0 Å². The normalized spacial score (nSPS) is 11.1. The van der Waals surface area contributed by atoms with Gasteiger partial charge in [0.05, 0.1) is 11.4 Å². The molecular formula is C11H9BN4. The largest absolute Gasteiger partial charge is 0.346 e. The van der Waals surface area contributed by atoms with Crippen LogP contribution in [0.1, 0.15) is 5.69 Å². The molecule has 0 saturated carbocycles. The summed E-state index contributed by atoms with van der Waals surface area (Å²) in [6.45, 7) is 1.89. The van der Waals surface area contributed by atoms with Gasteiger partial charge in [0.15, 0.2) is 0 Å². The van der Waals surface area contributed by atoms with Gasteiger partial charge >= 0.3 is 0 Å². The molecule has 0 spiro atoms. The van der Waals surface area contributed by atoms with Crippen molar-refractivity contribution in [3.05, 3.63) is 36.4 Å². The fourth-order valence-corrected chi connectivity index (χ4v) is 1.74. The summed E-state index contributed by atoms with van der Waals surface area (Å²) in [6, 6.07) is 3.90. The van der Waals surface area contributed by atoms with Gasteiger partial charge in [-0.1, -0.05) is 5.46 Å². The van der Waals surface area contributed by atoms with Crippen LogP contribution in [0.2, 0.25) is 0 Å². The van der Waals surface area contributed by atoms with Crippen molar-refractivity contribution in [2.75, 3.05) is 0 Å². The number of hydrogen-bond donors (Lipinski definition) is 1.